The summed E-state index contributed by atoms with van der Waals surface area (Å²) in [5, 5.41) is 5.50. The lowest BCUT2D eigenvalue weighted by Gasteiger charge is -1.92. The van der Waals surface area contributed by atoms with Crippen LogP contribution in [0.15, 0.2) is 28.9 Å². The van der Waals surface area contributed by atoms with Crippen LogP contribution in [0.2, 0.25) is 0 Å². The molecule has 0 radical (unpaired) electrons. The number of rotatable bonds is 2. The van der Waals surface area contributed by atoms with Gasteiger partial charge >= 0.3 is 0 Å². The van der Waals surface area contributed by atoms with Crippen molar-refractivity contribution >= 4 is 38.4 Å². The summed E-state index contributed by atoms with van der Waals surface area (Å²) in [6.45, 7) is 0.753. The zero-order valence-electron chi connectivity index (χ0n) is 6.87. The lowest BCUT2D eigenvalue weighted by Crippen LogP contribution is -1.98. The predicted molar refractivity (Wildman–Crippen MR) is 58.2 cm³/mol. The van der Waals surface area contributed by atoms with E-state index in [4.69, 9.17) is 11.6 Å². The molecule has 4 heteroatoms. The highest BCUT2D eigenvalue weighted by Crippen LogP contribution is 2.22. The zero-order chi connectivity index (χ0) is 9.26. The molecule has 0 saturated carbocycles. The molecule has 0 aliphatic heterocycles. The fourth-order valence-corrected chi connectivity index (χ4v) is 1.89. The minimum absolute atomic E-state index is 0.589. The van der Waals surface area contributed by atoms with E-state index in [9.17, 15) is 0 Å². The Kier molecular flexibility index (Phi) is 2.56. The summed E-state index contributed by atoms with van der Waals surface area (Å²) in [5.41, 5.74) is 1.000. The highest BCUT2D eigenvalue weighted by molar-refractivity contribution is 9.10. The first kappa shape index (κ1) is 9.03. The van der Waals surface area contributed by atoms with Gasteiger partial charge in [0.1, 0.15) is 0 Å². The lowest BCUT2D eigenvalue weighted by molar-refractivity contribution is 0.672. The third-order valence-corrected chi connectivity index (χ3v) is 2.72. The average molecular weight is 260 g/mol. The minimum atomic E-state index is 0.589. The second-order valence-corrected chi connectivity index (χ2v) is 3.99. The van der Waals surface area contributed by atoms with Crippen LogP contribution in [0, 0.1) is 0 Å². The van der Waals surface area contributed by atoms with Gasteiger partial charge in [0.25, 0.3) is 0 Å². The molecule has 0 aliphatic rings. The van der Waals surface area contributed by atoms with Gasteiger partial charge in [-0.25, -0.2) is 0 Å². The van der Waals surface area contributed by atoms with E-state index < -0.39 is 0 Å². The molecular weight excluding hydrogens is 251 g/mol. The van der Waals surface area contributed by atoms with E-state index in [0.717, 1.165) is 21.9 Å². The summed E-state index contributed by atoms with van der Waals surface area (Å²) < 4.78 is 2.94. The number of benzene rings is 1. The number of alkyl halides is 1. The molecule has 0 bridgehead atoms. The Morgan fingerprint density at radius 2 is 2.31 bits per heavy atom. The molecule has 2 aromatic rings. The number of fused-ring (bicyclic) bond motifs is 1. The highest BCUT2D eigenvalue weighted by Gasteiger charge is 2.02. The van der Waals surface area contributed by atoms with Crippen LogP contribution < -0.4 is 0 Å². The minimum Gasteiger partial charge on any atom is -0.270 e. The second kappa shape index (κ2) is 3.68. The molecule has 13 heavy (non-hydrogen) atoms. The topological polar surface area (TPSA) is 17.8 Å². The first-order chi connectivity index (χ1) is 6.31. The summed E-state index contributed by atoms with van der Waals surface area (Å²) >= 11 is 9.11. The Balaban J connectivity index is 2.55. The Bertz CT molecular complexity index is 424. The molecule has 0 fully saturated rings. The van der Waals surface area contributed by atoms with Crippen LogP contribution in [0.25, 0.3) is 10.9 Å². The van der Waals surface area contributed by atoms with Gasteiger partial charge in [-0.05, 0) is 12.1 Å². The third-order valence-electron chi connectivity index (χ3n) is 1.86. The molecule has 0 atom stereocenters. The van der Waals surface area contributed by atoms with E-state index in [-0.39, 0.29) is 0 Å². The van der Waals surface area contributed by atoms with E-state index in [2.05, 4.69) is 21.0 Å². The molecule has 1 aromatic heterocycles. The van der Waals surface area contributed by atoms with Gasteiger partial charge in [-0.1, -0.05) is 22.0 Å². The fraction of sp³-hybridized carbons (Fsp3) is 0.222. The predicted octanol–water partition coefficient (Wildman–Crippen LogP) is 3.04. The number of aryl methyl sites for hydroxylation is 1. The van der Waals surface area contributed by atoms with Crippen LogP contribution in [0.3, 0.4) is 0 Å². The number of aromatic nitrogens is 2. The van der Waals surface area contributed by atoms with Crippen LogP contribution >= 0.6 is 27.5 Å². The van der Waals surface area contributed by atoms with Crippen molar-refractivity contribution in [1.29, 1.82) is 0 Å². The molecule has 0 amide bonds. The van der Waals surface area contributed by atoms with Crippen LogP contribution in [-0.2, 0) is 6.54 Å². The van der Waals surface area contributed by atoms with Crippen molar-refractivity contribution in [3.63, 3.8) is 0 Å². The smallest absolute Gasteiger partial charge is 0.0934 e. The SMILES string of the molecule is ClCCn1cc2c(Br)cccc2n1. The quantitative estimate of drug-likeness (QED) is 0.758. The monoisotopic (exact) mass is 258 g/mol. The van der Waals surface area contributed by atoms with E-state index in [1.165, 1.54) is 0 Å². The summed E-state index contributed by atoms with van der Waals surface area (Å²) in [6.07, 6.45) is 2.00. The van der Waals surface area contributed by atoms with Crippen LogP contribution in [0.5, 0.6) is 0 Å². The maximum absolute atomic E-state index is 5.63. The molecule has 2 nitrogen and oxygen atoms in total. The van der Waals surface area contributed by atoms with E-state index in [1.807, 2.05) is 29.1 Å². The van der Waals surface area contributed by atoms with Gasteiger partial charge < -0.3 is 0 Å². The summed E-state index contributed by atoms with van der Waals surface area (Å²) in [7, 11) is 0. The molecule has 2 rings (SSSR count). The number of halogens is 2. The molecule has 68 valence electrons. The number of nitrogens with zero attached hydrogens (tertiary/aromatic N) is 2. The Labute approximate surface area is 89.6 Å². The van der Waals surface area contributed by atoms with Crippen molar-refractivity contribution in [2.75, 3.05) is 5.88 Å². The third kappa shape index (κ3) is 1.71. The molecule has 1 aromatic carbocycles. The largest absolute Gasteiger partial charge is 0.270 e. The van der Waals surface area contributed by atoms with Crippen molar-refractivity contribution in [2.45, 2.75) is 6.54 Å². The summed E-state index contributed by atoms with van der Waals surface area (Å²) in [4.78, 5) is 0. The van der Waals surface area contributed by atoms with Gasteiger partial charge in [0, 0.05) is 21.9 Å². The van der Waals surface area contributed by atoms with Crippen molar-refractivity contribution in [1.82, 2.24) is 9.78 Å². The average Bonchev–Trinajstić information content (AvgIpc) is 2.49. The van der Waals surface area contributed by atoms with Gasteiger partial charge in [0.15, 0.2) is 0 Å². The highest BCUT2D eigenvalue weighted by atomic mass is 79.9. The second-order valence-electron chi connectivity index (χ2n) is 2.75. The standard InChI is InChI=1S/C9H8BrClN2/c10-8-2-1-3-9-7(8)6-13(12-9)5-4-11/h1-3,6H,4-5H2. The summed E-state index contributed by atoms with van der Waals surface area (Å²) in [6, 6.07) is 5.98. The molecule has 0 unspecified atom stereocenters. The van der Waals surface area contributed by atoms with Crippen molar-refractivity contribution in [3.05, 3.63) is 28.9 Å². The van der Waals surface area contributed by atoms with Gasteiger partial charge in [0.05, 0.1) is 12.1 Å². The van der Waals surface area contributed by atoms with Crippen LogP contribution in [0.1, 0.15) is 0 Å². The molecular formula is C9H8BrClN2. The van der Waals surface area contributed by atoms with Crippen molar-refractivity contribution in [3.8, 4) is 0 Å². The van der Waals surface area contributed by atoms with Gasteiger partial charge in [-0.2, -0.15) is 5.10 Å². The number of hydrogen-bond acceptors (Lipinski definition) is 1. The summed E-state index contributed by atoms with van der Waals surface area (Å²) in [5.74, 6) is 0.589. The maximum Gasteiger partial charge on any atom is 0.0934 e. The first-order valence-electron chi connectivity index (χ1n) is 3.99. The molecule has 0 N–H and O–H groups in total. The van der Waals surface area contributed by atoms with E-state index in [1.54, 1.807) is 0 Å². The Hall–Kier alpha value is -0.540. The van der Waals surface area contributed by atoms with Crippen molar-refractivity contribution < 1.29 is 0 Å². The van der Waals surface area contributed by atoms with Gasteiger partial charge in [-0.15, -0.1) is 11.6 Å². The Morgan fingerprint density at radius 1 is 1.46 bits per heavy atom. The zero-order valence-corrected chi connectivity index (χ0v) is 9.22. The normalized spacial score (nSPS) is 10.9. The van der Waals surface area contributed by atoms with Crippen LogP contribution in [-0.4, -0.2) is 15.7 Å². The van der Waals surface area contributed by atoms with Crippen LogP contribution in [0.4, 0.5) is 0 Å². The molecule has 0 aliphatic carbocycles. The number of hydrogen-bond donors (Lipinski definition) is 0. The van der Waals surface area contributed by atoms with E-state index in [0.29, 0.717) is 5.88 Å². The fourth-order valence-electron chi connectivity index (χ4n) is 1.26. The van der Waals surface area contributed by atoms with Gasteiger partial charge in [0.2, 0.25) is 0 Å². The van der Waals surface area contributed by atoms with Gasteiger partial charge in [-0.3, -0.25) is 4.68 Å². The molecule has 0 saturated heterocycles. The Morgan fingerprint density at radius 3 is 3.00 bits per heavy atom. The van der Waals surface area contributed by atoms with E-state index >= 15 is 0 Å². The first-order valence-corrected chi connectivity index (χ1v) is 5.31. The lowest BCUT2D eigenvalue weighted by atomic mass is 10.3. The molecule has 1 heterocycles. The van der Waals surface area contributed by atoms with Crippen molar-refractivity contribution in [2.24, 2.45) is 0 Å². The maximum atomic E-state index is 5.63. The molecule has 0 spiro atoms.